The Morgan fingerprint density at radius 1 is 1.14 bits per heavy atom. The molecule has 0 aromatic rings. The highest BCUT2D eigenvalue weighted by molar-refractivity contribution is 14.0. The summed E-state index contributed by atoms with van der Waals surface area (Å²) in [6.45, 7) is 10.9. The van der Waals surface area contributed by atoms with Crippen molar-refractivity contribution in [2.75, 3.05) is 66.7 Å². The van der Waals surface area contributed by atoms with Gasteiger partial charge in [-0.2, -0.15) is 0 Å². The molecule has 0 aliphatic heterocycles. The third kappa shape index (κ3) is 16.1. The van der Waals surface area contributed by atoms with Crippen molar-refractivity contribution in [1.82, 2.24) is 15.5 Å². The Labute approximate surface area is 147 Å². The molecule has 0 bridgehead atoms. The Balaban J connectivity index is 0. The molecule has 0 aromatic carbocycles. The fraction of sp³-hybridized carbons (Fsp3) is 0.929. The molecule has 0 aliphatic rings. The molecule has 0 saturated heterocycles. The first-order valence-corrected chi connectivity index (χ1v) is 7.52. The van der Waals surface area contributed by atoms with Crippen molar-refractivity contribution >= 4 is 29.9 Å². The van der Waals surface area contributed by atoms with E-state index in [0.29, 0.717) is 13.2 Å². The number of methoxy groups -OCH3 is 1. The van der Waals surface area contributed by atoms with E-state index in [1.165, 1.54) is 0 Å². The molecule has 0 radical (unpaired) electrons. The molecule has 0 fully saturated rings. The highest BCUT2D eigenvalue weighted by Gasteiger charge is 1.98. The number of halogens is 1. The van der Waals surface area contributed by atoms with Crippen molar-refractivity contribution in [3.8, 4) is 0 Å². The van der Waals surface area contributed by atoms with E-state index < -0.39 is 0 Å². The van der Waals surface area contributed by atoms with E-state index in [9.17, 15) is 0 Å². The van der Waals surface area contributed by atoms with Crippen molar-refractivity contribution in [2.45, 2.75) is 20.3 Å². The number of nitrogens with one attached hydrogen (secondary N) is 2. The van der Waals surface area contributed by atoms with Gasteiger partial charge < -0.3 is 25.0 Å². The van der Waals surface area contributed by atoms with Gasteiger partial charge in [-0.3, -0.25) is 4.99 Å². The van der Waals surface area contributed by atoms with Gasteiger partial charge in [-0.05, 0) is 26.9 Å². The van der Waals surface area contributed by atoms with Crippen LogP contribution in [0.3, 0.4) is 0 Å². The van der Waals surface area contributed by atoms with Crippen molar-refractivity contribution in [1.29, 1.82) is 0 Å². The summed E-state index contributed by atoms with van der Waals surface area (Å²) < 4.78 is 10.3. The van der Waals surface area contributed by atoms with E-state index >= 15 is 0 Å². The van der Waals surface area contributed by atoms with Crippen LogP contribution >= 0.6 is 24.0 Å². The molecular formula is C14H33IN4O2. The van der Waals surface area contributed by atoms with Crippen molar-refractivity contribution in [3.05, 3.63) is 0 Å². The second kappa shape index (κ2) is 17.9. The maximum Gasteiger partial charge on any atom is 0.191 e. The molecule has 0 aromatic heterocycles. The quantitative estimate of drug-likeness (QED) is 0.217. The predicted molar refractivity (Wildman–Crippen MR) is 99.9 cm³/mol. The Hall–Kier alpha value is -0.120. The monoisotopic (exact) mass is 416 g/mol. The van der Waals surface area contributed by atoms with Gasteiger partial charge in [0.2, 0.25) is 0 Å². The zero-order valence-corrected chi connectivity index (χ0v) is 16.3. The molecule has 0 atom stereocenters. The third-order valence-corrected chi connectivity index (χ3v) is 2.82. The van der Waals surface area contributed by atoms with Crippen molar-refractivity contribution in [2.24, 2.45) is 4.99 Å². The van der Waals surface area contributed by atoms with Crippen LogP contribution < -0.4 is 10.6 Å². The predicted octanol–water partition coefficient (Wildman–Crippen LogP) is 1.16. The highest BCUT2D eigenvalue weighted by Crippen LogP contribution is 1.86. The fourth-order valence-electron chi connectivity index (χ4n) is 1.47. The van der Waals surface area contributed by atoms with Gasteiger partial charge in [0.25, 0.3) is 0 Å². The first-order valence-electron chi connectivity index (χ1n) is 7.52. The van der Waals surface area contributed by atoms with E-state index in [1.54, 1.807) is 7.11 Å². The molecule has 0 heterocycles. The van der Waals surface area contributed by atoms with Gasteiger partial charge in [-0.1, -0.05) is 6.92 Å². The number of ether oxygens (including phenoxy) is 2. The average molecular weight is 416 g/mol. The molecular weight excluding hydrogens is 383 g/mol. The fourth-order valence-corrected chi connectivity index (χ4v) is 1.47. The Morgan fingerprint density at radius 2 is 1.90 bits per heavy atom. The zero-order valence-electron chi connectivity index (χ0n) is 14.0. The van der Waals surface area contributed by atoms with Gasteiger partial charge in [0.05, 0.1) is 13.2 Å². The van der Waals surface area contributed by atoms with Crippen LogP contribution in [0.4, 0.5) is 0 Å². The number of hydrogen-bond acceptors (Lipinski definition) is 4. The first kappa shape index (κ1) is 23.2. The number of hydrogen-bond donors (Lipinski definition) is 2. The summed E-state index contributed by atoms with van der Waals surface area (Å²) in [5, 5.41) is 6.58. The maximum absolute atomic E-state index is 5.40. The second-order valence-electron chi connectivity index (χ2n) is 4.54. The zero-order chi connectivity index (χ0) is 15.1. The van der Waals surface area contributed by atoms with Gasteiger partial charge in [0.15, 0.2) is 5.96 Å². The minimum absolute atomic E-state index is 0. The van der Waals surface area contributed by atoms with Gasteiger partial charge in [-0.15, -0.1) is 24.0 Å². The largest absolute Gasteiger partial charge is 0.382 e. The molecule has 0 saturated carbocycles. The number of nitrogens with zero attached hydrogens (tertiary/aromatic N) is 2. The second-order valence-corrected chi connectivity index (χ2v) is 4.54. The van der Waals surface area contributed by atoms with Crippen LogP contribution in [0.1, 0.15) is 20.3 Å². The van der Waals surface area contributed by atoms with E-state index in [-0.39, 0.29) is 24.0 Å². The summed E-state index contributed by atoms with van der Waals surface area (Å²) in [7, 11) is 3.79. The smallest absolute Gasteiger partial charge is 0.191 e. The summed E-state index contributed by atoms with van der Waals surface area (Å²) in [4.78, 5) is 6.78. The van der Waals surface area contributed by atoms with E-state index in [2.05, 4.69) is 41.4 Å². The number of guanidine groups is 1. The molecule has 0 aliphatic carbocycles. The van der Waals surface area contributed by atoms with Crippen LogP contribution in [0.15, 0.2) is 4.99 Å². The minimum atomic E-state index is 0. The molecule has 21 heavy (non-hydrogen) atoms. The summed E-state index contributed by atoms with van der Waals surface area (Å²) in [6, 6.07) is 0. The van der Waals surface area contributed by atoms with Crippen LogP contribution in [0, 0.1) is 0 Å². The van der Waals surface area contributed by atoms with Gasteiger partial charge >= 0.3 is 0 Å². The lowest BCUT2D eigenvalue weighted by atomic mass is 10.4. The standard InChI is InChI=1S/C14H32N4O2.HI/c1-5-15-14(17-9-10-18(3)6-2)16-8-7-11-20-13-12-19-4;/h5-13H2,1-4H3,(H2,15,16,17);1H. The van der Waals surface area contributed by atoms with Crippen molar-refractivity contribution < 1.29 is 9.47 Å². The van der Waals surface area contributed by atoms with Gasteiger partial charge in [-0.25, -0.2) is 0 Å². The summed E-state index contributed by atoms with van der Waals surface area (Å²) >= 11 is 0. The first-order chi connectivity index (χ1) is 9.74. The SMILES string of the molecule is CCNC(=NCCCOCCOC)NCCN(C)CC.I. The van der Waals surface area contributed by atoms with Crippen LogP contribution in [-0.2, 0) is 9.47 Å². The van der Waals surface area contributed by atoms with Crippen LogP contribution in [0.25, 0.3) is 0 Å². The molecule has 128 valence electrons. The normalized spacial score (nSPS) is 11.4. The lowest BCUT2D eigenvalue weighted by molar-refractivity contribution is 0.0702. The molecule has 0 spiro atoms. The van der Waals surface area contributed by atoms with Gasteiger partial charge in [0, 0.05) is 39.9 Å². The Morgan fingerprint density at radius 3 is 2.52 bits per heavy atom. The summed E-state index contributed by atoms with van der Waals surface area (Å²) in [5.74, 6) is 0.883. The van der Waals surface area contributed by atoms with Crippen molar-refractivity contribution in [3.63, 3.8) is 0 Å². The van der Waals surface area contributed by atoms with E-state index in [0.717, 1.165) is 51.7 Å². The molecule has 2 N–H and O–H groups in total. The van der Waals surface area contributed by atoms with E-state index in [1.807, 2.05) is 0 Å². The lowest BCUT2D eigenvalue weighted by Gasteiger charge is -2.16. The number of aliphatic imine (C=N–C) groups is 1. The average Bonchev–Trinajstić information content (AvgIpc) is 2.46. The summed E-state index contributed by atoms with van der Waals surface area (Å²) in [6.07, 6.45) is 0.926. The molecule has 6 nitrogen and oxygen atoms in total. The lowest BCUT2D eigenvalue weighted by Crippen LogP contribution is -2.41. The Kier molecular flexibility index (Phi) is 19.8. The molecule has 7 heteroatoms. The van der Waals surface area contributed by atoms with Crippen LogP contribution in [0.2, 0.25) is 0 Å². The third-order valence-electron chi connectivity index (χ3n) is 2.82. The van der Waals surface area contributed by atoms with Crippen LogP contribution in [-0.4, -0.2) is 77.6 Å². The molecule has 0 unspecified atom stereocenters. The van der Waals surface area contributed by atoms with E-state index in [4.69, 9.17) is 9.47 Å². The highest BCUT2D eigenvalue weighted by atomic mass is 127. The number of rotatable bonds is 12. The minimum Gasteiger partial charge on any atom is -0.382 e. The molecule has 0 rings (SSSR count). The van der Waals surface area contributed by atoms with Gasteiger partial charge in [0.1, 0.15) is 0 Å². The molecule has 0 amide bonds. The number of likely N-dealkylation sites (N-methyl/N-ethyl adjacent to an activating group) is 1. The van der Waals surface area contributed by atoms with Crippen LogP contribution in [0.5, 0.6) is 0 Å². The topological polar surface area (TPSA) is 58.1 Å². The Bertz CT molecular complexity index is 243. The summed E-state index contributed by atoms with van der Waals surface area (Å²) in [5.41, 5.74) is 0. The maximum atomic E-state index is 5.40.